The zero-order valence-electron chi connectivity index (χ0n) is 7.04. The van der Waals surface area contributed by atoms with Gasteiger partial charge in [-0.2, -0.15) is 4.31 Å². The summed E-state index contributed by atoms with van der Waals surface area (Å²) in [5.41, 5.74) is 0.523. The largest absolute Gasteiger partial charge is 0.464 e. The lowest BCUT2D eigenvalue weighted by molar-refractivity contribution is 0.172. The van der Waals surface area contributed by atoms with Gasteiger partial charge in [0.1, 0.15) is 0 Å². The van der Waals surface area contributed by atoms with Gasteiger partial charge in [0.15, 0.2) is 0 Å². The Morgan fingerprint density at radius 1 is 1.36 bits per heavy atom. The highest BCUT2D eigenvalue weighted by Gasteiger charge is 2.37. The van der Waals surface area contributed by atoms with Gasteiger partial charge in [-0.15, -0.1) is 0 Å². The summed E-state index contributed by atoms with van der Waals surface area (Å²) in [6.45, 7) is -0.0894. The van der Waals surface area contributed by atoms with Crippen LogP contribution in [-0.4, -0.2) is 23.9 Å². The number of amides is 1. The standard InChI is InChI=1S/C8H7NO4S/c10-8(11)9-5-6-3-1-2-4-7(6)14(9,12)13/h1-4H,5H2,(H,10,11). The highest BCUT2D eigenvalue weighted by atomic mass is 32.2. The number of benzene rings is 1. The molecule has 0 unspecified atom stereocenters. The molecule has 0 aliphatic carbocycles. The van der Waals surface area contributed by atoms with Crippen molar-refractivity contribution in [2.75, 3.05) is 0 Å². The van der Waals surface area contributed by atoms with Crippen LogP contribution in [0.2, 0.25) is 0 Å². The molecule has 6 heteroatoms. The summed E-state index contributed by atoms with van der Waals surface area (Å²) in [5.74, 6) is 0. The Kier molecular flexibility index (Phi) is 1.75. The highest BCUT2D eigenvalue weighted by Crippen LogP contribution is 2.29. The lowest BCUT2D eigenvalue weighted by atomic mass is 10.2. The fourth-order valence-electron chi connectivity index (χ4n) is 1.41. The summed E-state index contributed by atoms with van der Waals surface area (Å²) in [6.07, 6.45) is -1.44. The van der Waals surface area contributed by atoms with Gasteiger partial charge in [0.05, 0.1) is 11.4 Å². The van der Waals surface area contributed by atoms with Crippen LogP contribution < -0.4 is 0 Å². The van der Waals surface area contributed by atoms with Crippen molar-refractivity contribution in [2.24, 2.45) is 0 Å². The van der Waals surface area contributed by atoms with Crippen LogP contribution >= 0.6 is 0 Å². The minimum atomic E-state index is -3.81. The lowest BCUT2D eigenvalue weighted by Gasteiger charge is -2.08. The molecular weight excluding hydrogens is 206 g/mol. The van der Waals surface area contributed by atoms with Crippen molar-refractivity contribution in [2.45, 2.75) is 11.4 Å². The smallest absolute Gasteiger partial charge is 0.421 e. The average Bonchev–Trinajstić information content (AvgIpc) is 2.39. The average molecular weight is 213 g/mol. The van der Waals surface area contributed by atoms with Crippen LogP contribution in [0.3, 0.4) is 0 Å². The van der Waals surface area contributed by atoms with E-state index in [0.29, 0.717) is 9.87 Å². The Bertz CT molecular complexity index is 494. The number of carbonyl (C=O) groups is 1. The number of nitrogens with zero attached hydrogens (tertiary/aromatic N) is 1. The molecule has 2 rings (SSSR count). The first-order chi connectivity index (χ1) is 6.53. The molecule has 74 valence electrons. The maximum Gasteiger partial charge on any atom is 0.421 e. The molecule has 1 aliphatic heterocycles. The summed E-state index contributed by atoms with van der Waals surface area (Å²) >= 11 is 0. The third-order valence-electron chi connectivity index (χ3n) is 2.07. The van der Waals surface area contributed by atoms with Gasteiger partial charge in [-0.3, -0.25) is 0 Å². The molecular formula is C8H7NO4S. The Hall–Kier alpha value is -1.56. The van der Waals surface area contributed by atoms with E-state index in [1.165, 1.54) is 6.07 Å². The Morgan fingerprint density at radius 3 is 2.57 bits per heavy atom. The monoisotopic (exact) mass is 213 g/mol. The number of carboxylic acid groups (broad SMARTS) is 1. The number of fused-ring (bicyclic) bond motifs is 1. The Labute approximate surface area is 80.6 Å². The predicted molar refractivity (Wildman–Crippen MR) is 47.2 cm³/mol. The maximum atomic E-state index is 11.6. The van der Waals surface area contributed by atoms with E-state index in [4.69, 9.17) is 5.11 Å². The van der Waals surface area contributed by atoms with E-state index in [1.807, 2.05) is 0 Å². The molecule has 0 spiro atoms. The molecule has 5 nitrogen and oxygen atoms in total. The normalized spacial score (nSPS) is 17.9. The summed E-state index contributed by atoms with van der Waals surface area (Å²) in [4.78, 5) is 10.7. The summed E-state index contributed by atoms with van der Waals surface area (Å²) in [7, 11) is -3.81. The van der Waals surface area contributed by atoms with Gasteiger partial charge in [-0.1, -0.05) is 18.2 Å². The first-order valence-electron chi connectivity index (χ1n) is 3.87. The predicted octanol–water partition coefficient (Wildman–Crippen LogP) is 0.869. The van der Waals surface area contributed by atoms with Crippen LogP contribution in [0, 0.1) is 0 Å². The van der Waals surface area contributed by atoms with Crippen molar-refractivity contribution < 1.29 is 18.3 Å². The Balaban J connectivity index is 2.62. The molecule has 14 heavy (non-hydrogen) atoms. The first kappa shape index (κ1) is 9.01. The van der Waals surface area contributed by atoms with Crippen molar-refractivity contribution in [3.8, 4) is 0 Å². The molecule has 1 N–H and O–H groups in total. The number of rotatable bonds is 0. The van der Waals surface area contributed by atoms with Gasteiger partial charge >= 0.3 is 6.09 Å². The van der Waals surface area contributed by atoms with Crippen molar-refractivity contribution in [3.05, 3.63) is 29.8 Å². The third kappa shape index (κ3) is 1.07. The third-order valence-corrected chi connectivity index (χ3v) is 3.89. The fraction of sp³-hybridized carbons (Fsp3) is 0.125. The van der Waals surface area contributed by atoms with Crippen molar-refractivity contribution >= 4 is 16.1 Å². The lowest BCUT2D eigenvalue weighted by Crippen LogP contribution is -2.29. The highest BCUT2D eigenvalue weighted by molar-refractivity contribution is 7.90. The molecule has 1 amide bonds. The maximum absolute atomic E-state index is 11.6. The molecule has 0 aromatic heterocycles. The molecule has 0 bridgehead atoms. The Morgan fingerprint density at radius 2 is 2.00 bits per heavy atom. The van der Waals surface area contributed by atoms with E-state index < -0.39 is 16.1 Å². The minimum Gasteiger partial charge on any atom is -0.464 e. The zero-order chi connectivity index (χ0) is 10.3. The minimum absolute atomic E-state index is 0.0856. The van der Waals surface area contributed by atoms with E-state index >= 15 is 0 Å². The molecule has 0 radical (unpaired) electrons. The van der Waals surface area contributed by atoms with E-state index in [9.17, 15) is 13.2 Å². The van der Waals surface area contributed by atoms with Crippen LogP contribution in [0.15, 0.2) is 29.2 Å². The van der Waals surface area contributed by atoms with Crippen molar-refractivity contribution in [1.82, 2.24) is 4.31 Å². The van der Waals surface area contributed by atoms with Gasteiger partial charge in [-0.05, 0) is 11.6 Å². The van der Waals surface area contributed by atoms with E-state index in [-0.39, 0.29) is 11.4 Å². The van der Waals surface area contributed by atoms with Crippen molar-refractivity contribution in [1.29, 1.82) is 0 Å². The molecule has 1 aromatic rings. The quantitative estimate of drug-likeness (QED) is 0.693. The van der Waals surface area contributed by atoms with Gasteiger partial charge in [0.25, 0.3) is 10.0 Å². The molecule has 1 heterocycles. The van der Waals surface area contributed by atoms with Gasteiger partial charge in [0, 0.05) is 0 Å². The molecule has 0 saturated carbocycles. The van der Waals surface area contributed by atoms with E-state index in [2.05, 4.69) is 0 Å². The molecule has 1 aliphatic rings. The van der Waals surface area contributed by atoms with E-state index in [0.717, 1.165) is 0 Å². The second-order valence-electron chi connectivity index (χ2n) is 2.90. The first-order valence-corrected chi connectivity index (χ1v) is 5.31. The van der Waals surface area contributed by atoms with E-state index in [1.54, 1.807) is 18.2 Å². The molecule has 0 fully saturated rings. The number of sulfonamides is 1. The van der Waals surface area contributed by atoms with Crippen LogP contribution in [0.1, 0.15) is 5.56 Å². The van der Waals surface area contributed by atoms with Crippen LogP contribution in [-0.2, 0) is 16.6 Å². The zero-order valence-corrected chi connectivity index (χ0v) is 7.86. The second kappa shape index (κ2) is 2.71. The molecule has 0 saturated heterocycles. The van der Waals surface area contributed by atoms with Crippen LogP contribution in [0.4, 0.5) is 4.79 Å². The summed E-state index contributed by atoms with van der Waals surface area (Å²) in [5, 5.41) is 8.67. The number of hydrogen-bond acceptors (Lipinski definition) is 3. The van der Waals surface area contributed by atoms with Gasteiger partial charge < -0.3 is 5.11 Å². The van der Waals surface area contributed by atoms with Gasteiger partial charge in [0.2, 0.25) is 0 Å². The second-order valence-corrected chi connectivity index (χ2v) is 4.73. The topological polar surface area (TPSA) is 74.7 Å². The number of hydrogen-bond donors (Lipinski definition) is 1. The van der Waals surface area contributed by atoms with Crippen molar-refractivity contribution in [3.63, 3.8) is 0 Å². The van der Waals surface area contributed by atoms with Gasteiger partial charge in [-0.25, -0.2) is 13.2 Å². The summed E-state index contributed by atoms with van der Waals surface area (Å²) in [6, 6.07) is 6.27. The fourth-order valence-corrected chi connectivity index (χ4v) is 2.88. The van der Waals surface area contributed by atoms with Crippen LogP contribution in [0.25, 0.3) is 0 Å². The SMILES string of the molecule is O=C(O)N1Cc2ccccc2S1(=O)=O. The summed E-state index contributed by atoms with van der Waals surface area (Å²) < 4.78 is 23.6. The molecule has 0 atom stereocenters. The molecule has 1 aromatic carbocycles. The van der Waals surface area contributed by atoms with Crippen LogP contribution in [0.5, 0.6) is 0 Å².